The number of nitrogens with one attached hydrogen (secondary N) is 1. The lowest BCUT2D eigenvalue weighted by Gasteiger charge is -2.27. The molecule has 2 aliphatic rings. The number of rotatable bonds is 10. The molecule has 202 valence electrons. The van der Waals surface area contributed by atoms with Gasteiger partial charge in [0, 0.05) is 24.2 Å². The number of nitrogens with zero attached hydrogens (tertiary/aromatic N) is 3. The van der Waals surface area contributed by atoms with Crippen LogP contribution in [0.3, 0.4) is 0 Å². The molecule has 0 spiro atoms. The Bertz CT molecular complexity index is 1380. The van der Waals surface area contributed by atoms with E-state index in [4.69, 9.17) is 10.7 Å². The van der Waals surface area contributed by atoms with Gasteiger partial charge >= 0.3 is 0 Å². The van der Waals surface area contributed by atoms with Crippen LogP contribution in [-0.4, -0.2) is 34.9 Å². The molecule has 0 saturated heterocycles. The molecular weight excluding hydrogens is 518 g/mol. The Labute approximate surface area is 228 Å². The Morgan fingerprint density at radius 2 is 1.89 bits per heavy atom. The molecule has 3 N–H and O–H groups in total. The molecule has 1 saturated carbocycles. The van der Waals surface area contributed by atoms with Gasteiger partial charge in [0.25, 0.3) is 0 Å². The lowest BCUT2D eigenvalue weighted by Crippen LogP contribution is -2.26. The maximum Gasteiger partial charge on any atom is 0.230 e. The summed E-state index contributed by atoms with van der Waals surface area (Å²) in [5.74, 6) is 1.45. The number of fused-ring (bicyclic) bond motifs is 1. The first-order valence-electron chi connectivity index (χ1n) is 13.2. The molecule has 1 fully saturated rings. The molecular formula is C28H35N5O3S2. The van der Waals surface area contributed by atoms with Gasteiger partial charge in [-0.3, -0.25) is 9.69 Å². The van der Waals surface area contributed by atoms with Crippen LogP contribution < -0.4 is 11.1 Å². The molecule has 3 aromatic rings. The molecule has 0 radical (unpaired) electrons. The number of carbonyl (C=O) groups excluding carboxylic acids is 1. The summed E-state index contributed by atoms with van der Waals surface area (Å²) >= 11 is 1.52. The van der Waals surface area contributed by atoms with E-state index in [2.05, 4.69) is 29.0 Å². The zero-order chi connectivity index (χ0) is 26.9. The molecule has 1 atom stereocenters. The summed E-state index contributed by atoms with van der Waals surface area (Å²) in [6.45, 7) is 5.89. The van der Waals surface area contributed by atoms with Gasteiger partial charge in [-0.15, -0.1) is 11.3 Å². The Kier molecular flexibility index (Phi) is 7.83. The second-order valence-corrected chi connectivity index (χ2v) is 14.0. The maximum atomic E-state index is 12.8. The topological polar surface area (TPSA) is 118 Å². The number of nitrogen functional groups attached to an aromatic ring is 1. The Hall–Kier alpha value is -2.82. The van der Waals surface area contributed by atoms with Gasteiger partial charge in [-0.25, -0.2) is 18.4 Å². The van der Waals surface area contributed by atoms with Gasteiger partial charge in [0.15, 0.2) is 15.0 Å². The molecule has 5 rings (SSSR count). The lowest BCUT2D eigenvalue weighted by molar-refractivity contribution is -0.115. The van der Waals surface area contributed by atoms with Gasteiger partial charge < -0.3 is 11.1 Å². The highest BCUT2D eigenvalue weighted by Gasteiger charge is 2.36. The van der Waals surface area contributed by atoms with Crippen LogP contribution in [0.4, 0.5) is 10.9 Å². The van der Waals surface area contributed by atoms with E-state index >= 15 is 0 Å². The normalized spacial score (nSPS) is 17.9. The first-order chi connectivity index (χ1) is 18.2. The van der Waals surface area contributed by atoms with Gasteiger partial charge in [-0.1, -0.05) is 51.3 Å². The number of hydrogen-bond acceptors (Lipinski definition) is 8. The molecule has 1 amide bonds. The van der Waals surface area contributed by atoms with Gasteiger partial charge in [0.2, 0.25) is 5.91 Å². The molecule has 0 unspecified atom stereocenters. The summed E-state index contributed by atoms with van der Waals surface area (Å²) in [6, 6.07) is 10.7. The van der Waals surface area contributed by atoms with E-state index in [1.165, 1.54) is 22.6 Å². The molecule has 1 aromatic carbocycles. The average molecular weight is 554 g/mol. The number of thiazole rings is 1. The summed E-state index contributed by atoms with van der Waals surface area (Å²) in [4.78, 5) is 25.7. The fourth-order valence-corrected chi connectivity index (χ4v) is 7.73. The largest absolute Gasteiger partial charge is 0.384 e. The number of hydrogen-bond donors (Lipinski definition) is 2. The van der Waals surface area contributed by atoms with Crippen molar-refractivity contribution < 1.29 is 13.2 Å². The minimum Gasteiger partial charge on any atom is -0.384 e. The minimum atomic E-state index is -3.28. The van der Waals surface area contributed by atoms with Crippen molar-refractivity contribution in [3.8, 4) is 0 Å². The van der Waals surface area contributed by atoms with Crippen molar-refractivity contribution in [3.63, 3.8) is 0 Å². The van der Waals surface area contributed by atoms with Crippen LogP contribution in [0, 0.1) is 11.8 Å². The van der Waals surface area contributed by atoms with Gasteiger partial charge in [-0.2, -0.15) is 0 Å². The van der Waals surface area contributed by atoms with Crippen molar-refractivity contribution in [3.05, 3.63) is 64.3 Å². The van der Waals surface area contributed by atoms with Gasteiger partial charge in [0.05, 0.1) is 28.8 Å². The van der Waals surface area contributed by atoms with E-state index in [1.807, 2.05) is 18.3 Å². The van der Waals surface area contributed by atoms with E-state index in [1.54, 1.807) is 24.3 Å². The fraction of sp³-hybridized carbons (Fsp3) is 0.464. The molecule has 3 heterocycles. The second-order valence-electron chi connectivity index (χ2n) is 10.8. The highest BCUT2D eigenvalue weighted by Crippen LogP contribution is 2.43. The molecule has 1 aliphatic carbocycles. The summed E-state index contributed by atoms with van der Waals surface area (Å²) in [5, 5.41) is 3.55. The standard InChI is InChI=1S/C28H35N5O3S2/c1-18(2)27-26-23(17-33(27)16-21-8-11-24(29)30-15-21)37-28(32-26)31-25(34)14-20-6-9-22(10-7-20)38(35,36)13-12-19-4-3-5-19/h6-11,15,18-19,27H,3-5,12-14,16-17H2,1-2H3,(H2,29,30)(H,31,32,34)/t27-/m0/s1. The van der Waals surface area contributed by atoms with Crippen molar-refractivity contribution in [1.29, 1.82) is 0 Å². The number of pyridine rings is 1. The quantitative estimate of drug-likeness (QED) is 0.364. The Morgan fingerprint density at radius 1 is 1.16 bits per heavy atom. The van der Waals surface area contributed by atoms with Crippen molar-refractivity contribution in [2.45, 2.75) is 70.0 Å². The van der Waals surface area contributed by atoms with Crippen LogP contribution in [0.5, 0.6) is 0 Å². The van der Waals surface area contributed by atoms with E-state index in [0.29, 0.717) is 27.7 Å². The highest BCUT2D eigenvalue weighted by molar-refractivity contribution is 7.91. The van der Waals surface area contributed by atoms with E-state index in [-0.39, 0.29) is 24.1 Å². The Morgan fingerprint density at radius 3 is 2.53 bits per heavy atom. The number of aromatic nitrogens is 2. The van der Waals surface area contributed by atoms with Crippen molar-refractivity contribution >= 4 is 38.0 Å². The fourth-order valence-electron chi connectivity index (χ4n) is 5.26. The van der Waals surface area contributed by atoms with Crippen molar-refractivity contribution in [2.24, 2.45) is 11.8 Å². The number of nitrogens with two attached hydrogens (primary N) is 1. The smallest absolute Gasteiger partial charge is 0.230 e. The highest BCUT2D eigenvalue weighted by atomic mass is 32.2. The van der Waals surface area contributed by atoms with Crippen LogP contribution in [0.1, 0.15) is 67.3 Å². The van der Waals surface area contributed by atoms with Crippen LogP contribution in [0.15, 0.2) is 47.5 Å². The summed E-state index contributed by atoms with van der Waals surface area (Å²) in [6.07, 6.45) is 6.21. The third-order valence-electron chi connectivity index (χ3n) is 7.53. The Balaban J connectivity index is 1.18. The molecule has 38 heavy (non-hydrogen) atoms. The maximum absolute atomic E-state index is 12.8. The molecule has 10 heteroatoms. The average Bonchev–Trinajstić information content (AvgIpc) is 3.36. The number of anilines is 2. The van der Waals surface area contributed by atoms with Gasteiger partial charge in [0.1, 0.15) is 5.82 Å². The monoisotopic (exact) mass is 553 g/mol. The molecule has 2 aromatic heterocycles. The molecule has 0 bridgehead atoms. The summed E-state index contributed by atoms with van der Waals surface area (Å²) < 4.78 is 25.3. The van der Waals surface area contributed by atoms with Crippen LogP contribution in [0.2, 0.25) is 0 Å². The van der Waals surface area contributed by atoms with E-state index < -0.39 is 9.84 Å². The number of amides is 1. The first kappa shape index (κ1) is 26.8. The van der Waals surface area contributed by atoms with Crippen molar-refractivity contribution in [1.82, 2.24) is 14.9 Å². The van der Waals surface area contributed by atoms with E-state index in [9.17, 15) is 13.2 Å². The van der Waals surface area contributed by atoms with Crippen LogP contribution in [0.25, 0.3) is 0 Å². The van der Waals surface area contributed by atoms with Crippen LogP contribution >= 0.6 is 11.3 Å². The summed E-state index contributed by atoms with van der Waals surface area (Å²) in [5.41, 5.74) is 8.63. The SMILES string of the molecule is CC(C)[C@H]1c2nc(NC(=O)Cc3ccc(S(=O)(=O)CCC4CCC4)cc3)sc2CN1Cc1ccc(N)nc1. The molecule has 8 nitrogen and oxygen atoms in total. The predicted molar refractivity (Wildman–Crippen MR) is 150 cm³/mol. The van der Waals surface area contributed by atoms with Gasteiger partial charge in [-0.05, 0) is 47.6 Å². The summed E-state index contributed by atoms with van der Waals surface area (Å²) in [7, 11) is -3.28. The minimum absolute atomic E-state index is 0.156. The third kappa shape index (κ3) is 6.08. The lowest BCUT2D eigenvalue weighted by atomic mass is 9.84. The van der Waals surface area contributed by atoms with E-state index in [0.717, 1.165) is 49.2 Å². The van der Waals surface area contributed by atoms with Crippen molar-refractivity contribution in [2.75, 3.05) is 16.8 Å². The van der Waals surface area contributed by atoms with Crippen LogP contribution in [-0.2, 0) is 34.1 Å². The number of carbonyl (C=O) groups is 1. The number of sulfone groups is 1. The third-order valence-corrected chi connectivity index (χ3v) is 10.3. The zero-order valence-electron chi connectivity index (χ0n) is 21.9. The first-order valence-corrected chi connectivity index (χ1v) is 15.7. The predicted octanol–water partition coefficient (Wildman–Crippen LogP) is 4.98. The zero-order valence-corrected chi connectivity index (χ0v) is 23.5. The second kappa shape index (κ2) is 11.1. The molecule has 1 aliphatic heterocycles. The number of benzene rings is 1.